The molecule has 4 rings (SSSR count). The molecule has 30 heavy (non-hydrogen) atoms. The number of allylic oxidation sites excluding steroid dienone is 1. The maximum atomic E-state index is 11.2. The number of hydrogen-bond donors (Lipinski definition) is 0. The molecule has 1 atom stereocenters. The molecule has 0 spiro atoms. The van der Waals surface area contributed by atoms with Crippen LogP contribution < -0.4 is 4.90 Å². The summed E-state index contributed by atoms with van der Waals surface area (Å²) >= 11 is 0. The summed E-state index contributed by atoms with van der Waals surface area (Å²) in [5.74, 6) is 1.42. The number of hydrogen-bond acceptors (Lipinski definition) is 4. The highest BCUT2D eigenvalue weighted by Gasteiger charge is 2.24. The van der Waals surface area contributed by atoms with E-state index in [1.54, 1.807) is 0 Å². The fourth-order valence-electron chi connectivity index (χ4n) is 4.62. The standard InChI is InChI=1S/C26H33N3O/c1-19-9-11-29(17-20-5-4-6-20)18-25(19)24-14-23(15-27-16-24)21-7-8-26(28(2)3)22(13-21)10-12-30/h7-8,12-16,18-20H,4-6,9-11,17H2,1-3H3. The molecule has 0 N–H and O–H groups in total. The van der Waals surface area contributed by atoms with Gasteiger partial charge in [0.2, 0.25) is 0 Å². The van der Waals surface area contributed by atoms with Crippen LogP contribution >= 0.6 is 0 Å². The number of rotatable bonds is 7. The van der Waals surface area contributed by atoms with E-state index in [0.29, 0.717) is 12.3 Å². The van der Waals surface area contributed by atoms with E-state index in [-0.39, 0.29) is 0 Å². The molecule has 1 aliphatic heterocycles. The average Bonchev–Trinajstić information content (AvgIpc) is 2.72. The van der Waals surface area contributed by atoms with Gasteiger partial charge in [0.25, 0.3) is 0 Å². The summed E-state index contributed by atoms with van der Waals surface area (Å²) in [4.78, 5) is 20.3. The summed E-state index contributed by atoms with van der Waals surface area (Å²) in [6.45, 7) is 4.69. The van der Waals surface area contributed by atoms with Gasteiger partial charge in [-0.3, -0.25) is 4.98 Å². The summed E-state index contributed by atoms with van der Waals surface area (Å²) in [6, 6.07) is 8.62. The molecule has 1 aromatic carbocycles. The van der Waals surface area contributed by atoms with Crippen LogP contribution in [0.3, 0.4) is 0 Å². The maximum absolute atomic E-state index is 11.2. The predicted octanol–water partition coefficient (Wildman–Crippen LogP) is 5.04. The van der Waals surface area contributed by atoms with Gasteiger partial charge < -0.3 is 14.6 Å². The summed E-state index contributed by atoms with van der Waals surface area (Å²) in [5, 5.41) is 0. The lowest BCUT2D eigenvalue weighted by molar-refractivity contribution is -0.107. The molecule has 0 saturated heterocycles. The van der Waals surface area contributed by atoms with Crippen molar-refractivity contribution in [1.82, 2.24) is 9.88 Å². The van der Waals surface area contributed by atoms with Crippen molar-refractivity contribution in [2.75, 3.05) is 32.1 Å². The average molecular weight is 404 g/mol. The van der Waals surface area contributed by atoms with Crippen molar-refractivity contribution in [3.8, 4) is 11.1 Å². The first-order valence-electron chi connectivity index (χ1n) is 11.2. The molecule has 2 aliphatic rings. The number of carbonyl (C=O) groups excluding carboxylic acids is 1. The van der Waals surface area contributed by atoms with Crippen LogP contribution in [0.25, 0.3) is 16.7 Å². The van der Waals surface area contributed by atoms with E-state index in [9.17, 15) is 4.79 Å². The van der Waals surface area contributed by atoms with Crippen molar-refractivity contribution in [2.45, 2.75) is 39.0 Å². The van der Waals surface area contributed by atoms with Gasteiger partial charge in [0.1, 0.15) is 6.29 Å². The molecule has 158 valence electrons. The van der Waals surface area contributed by atoms with Gasteiger partial charge in [-0.1, -0.05) is 19.4 Å². The number of aldehydes is 1. The second kappa shape index (κ2) is 9.03. The fraction of sp³-hybridized carbons (Fsp3) is 0.462. The lowest BCUT2D eigenvalue weighted by atomic mass is 9.84. The third-order valence-corrected chi connectivity index (χ3v) is 6.69. The highest BCUT2D eigenvalue weighted by molar-refractivity contribution is 5.75. The molecule has 1 aromatic heterocycles. The Bertz CT molecular complexity index is 930. The number of anilines is 1. The number of pyridine rings is 1. The van der Waals surface area contributed by atoms with Crippen LogP contribution in [0.15, 0.2) is 42.9 Å². The number of carbonyl (C=O) groups is 1. The SMILES string of the molecule is CC1CCN(CC2CCC2)C=C1c1cncc(-c2ccc(N(C)C)c(CC=O)c2)c1. The van der Waals surface area contributed by atoms with E-state index in [1.807, 2.05) is 26.5 Å². The van der Waals surface area contributed by atoms with Gasteiger partial charge in [-0.15, -0.1) is 0 Å². The minimum atomic E-state index is 0.423. The van der Waals surface area contributed by atoms with Gasteiger partial charge in [0.05, 0.1) is 0 Å². The van der Waals surface area contributed by atoms with Gasteiger partial charge in [-0.2, -0.15) is 0 Å². The van der Waals surface area contributed by atoms with E-state index < -0.39 is 0 Å². The summed E-state index contributed by atoms with van der Waals surface area (Å²) in [6.07, 6.45) is 13.1. The van der Waals surface area contributed by atoms with Crippen molar-refractivity contribution in [3.05, 3.63) is 54.0 Å². The van der Waals surface area contributed by atoms with Gasteiger partial charge in [-0.05, 0) is 71.6 Å². The van der Waals surface area contributed by atoms with Crippen LogP contribution in [0.2, 0.25) is 0 Å². The number of nitrogens with zero attached hydrogens (tertiary/aromatic N) is 3. The molecule has 4 nitrogen and oxygen atoms in total. The quantitative estimate of drug-likeness (QED) is 0.607. The summed E-state index contributed by atoms with van der Waals surface area (Å²) in [5.41, 5.74) is 6.97. The molecule has 2 aromatic rings. The Hall–Kier alpha value is -2.62. The molecule has 1 unspecified atom stereocenters. The Kier molecular flexibility index (Phi) is 6.21. The van der Waals surface area contributed by atoms with Crippen LogP contribution in [-0.2, 0) is 11.2 Å². The molecule has 0 amide bonds. The normalized spacial score (nSPS) is 19.2. The Morgan fingerprint density at radius 1 is 1.10 bits per heavy atom. The molecule has 0 radical (unpaired) electrons. The largest absolute Gasteiger partial charge is 0.377 e. The molecular weight excluding hydrogens is 370 g/mol. The van der Waals surface area contributed by atoms with Crippen molar-refractivity contribution in [1.29, 1.82) is 0 Å². The minimum Gasteiger partial charge on any atom is -0.377 e. The zero-order valence-electron chi connectivity index (χ0n) is 18.5. The monoisotopic (exact) mass is 403 g/mol. The smallest absolute Gasteiger partial charge is 0.124 e. The molecular formula is C26H33N3O. The first-order valence-corrected chi connectivity index (χ1v) is 11.2. The summed E-state index contributed by atoms with van der Waals surface area (Å²) in [7, 11) is 4.02. The Morgan fingerprint density at radius 3 is 2.60 bits per heavy atom. The highest BCUT2D eigenvalue weighted by atomic mass is 16.1. The zero-order chi connectivity index (χ0) is 21.1. The Morgan fingerprint density at radius 2 is 1.90 bits per heavy atom. The van der Waals surface area contributed by atoms with E-state index in [2.05, 4.69) is 52.2 Å². The molecule has 0 bridgehead atoms. The van der Waals surface area contributed by atoms with Crippen molar-refractivity contribution in [3.63, 3.8) is 0 Å². The van der Waals surface area contributed by atoms with E-state index in [4.69, 9.17) is 0 Å². The van der Waals surface area contributed by atoms with E-state index in [0.717, 1.165) is 41.1 Å². The van der Waals surface area contributed by atoms with Gasteiger partial charge >= 0.3 is 0 Å². The maximum Gasteiger partial charge on any atom is 0.124 e. The lowest BCUT2D eigenvalue weighted by Crippen LogP contribution is -2.33. The van der Waals surface area contributed by atoms with Crippen LogP contribution in [-0.4, -0.2) is 43.4 Å². The lowest BCUT2D eigenvalue weighted by Gasteiger charge is -2.36. The molecule has 1 saturated carbocycles. The topological polar surface area (TPSA) is 36.4 Å². The fourth-order valence-corrected chi connectivity index (χ4v) is 4.62. The third-order valence-electron chi connectivity index (χ3n) is 6.69. The van der Waals surface area contributed by atoms with Gasteiger partial charge in [0.15, 0.2) is 0 Å². The van der Waals surface area contributed by atoms with Crippen molar-refractivity contribution >= 4 is 17.5 Å². The van der Waals surface area contributed by atoms with Crippen LogP contribution in [0.5, 0.6) is 0 Å². The second-order valence-corrected chi connectivity index (χ2v) is 9.14. The van der Waals surface area contributed by atoms with Crippen LogP contribution in [0.4, 0.5) is 5.69 Å². The second-order valence-electron chi connectivity index (χ2n) is 9.14. The molecule has 4 heteroatoms. The van der Waals surface area contributed by atoms with Gasteiger partial charge in [-0.25, -0.2) is 0 Å². The molecule has 1 aliphatic carbocycles. The third kappa shape index (κ3) is 4.43. The van der Waals surface area contributed by atoms with E-state index >= 15 is 0 Å². The minimum absolute atomic E-state index is 0.423. The van der Waals surface area contributed by atoms with Crippen LogP contribution in [0, 0.1) is 11.8 Å². The van der Waals surface area contributed by atoms with Crippen LogP contribution in [0.1, 0.15) is 43.7 Å². The van der Waals surface area contributed by atoms with E-state index in [1.165, 1.54) is 43.4 Å². The molecule has 2 heterocycles. The summed E-state index contributed by atoms with van der Waals surface area (Å²) < 4.78 is 0. The first kappa shape index (κ1) is 20.6. The first-order chi connectivity index (χ1) is 14.5. The molecule has 1 fully saturated rings. The van der Waals surface area contributed by atoms with Gasteiger partial charge in [0, 0.05) is 63.5 Å². The van der Waals surface area contributed by atoms with Crippen molar-refractivity contribution in [2.24, 2.45) is 11.8 Å². The Labute approximate surface area is 180 Å². The zero-order valence-corrected chi connectivity index (χ0v) is 18.5. The number of aromatic nitrogens is 1. The van der Waals surface area contributed by atoms with Crippen molar-refractivity contribution < 1.29 is 4.79 Å². The Balaban J connectivity index is 1.63. The number of benzene rings is 1. The highest BCUT2D eigenvalue weighted by Crippen LogP contribution is 2.35. The predicted molar refractivity (Wildman–Crippen MR) is 124 cm³/mol.